The maximum Gasteiger partial charge on any atom is 0.0616 e. The van der Waals surface area contributed by atoms with Crippen LogP contribution >= 0.6 is 0 Å². The molecular formula is C6H13NO. The molecular weight excluding hydrogens is 102 g/mol. The third kappa shape index (κ3) is 1.80. The van der Waals surface area contributed by atoms with Crippen molar-refractivity contribution in [1.82, 2.24) is 5.32 Å². The van der Waals surface area contributed by atoms with Crippen molar-refractivity contribution in [3.8, 4) is 0 Å². The Morgan fingerprint density at radius 3 is 3.38 bits per heavy atom. The molecule has 0 aromatic carbocycles. The Labute approximate surface area is 50.2 Å². The standard InChI is InChI=1S/C6H13NO/c1-6-5-8-4-2-3-7-6/h6-7H,2-5H2,1H3/t6-/m1/s1. The van der Waals surface area contributed by atoms with E-state index in [4.69, 9.17) is 4.74 Å². The van der Waals surface area contributed by atoms with Crippen molar-refractivity contribution in [1.29, 1.82) is 0 Å². The average molecular weight is 115 g/mol. The zero-order valence-corrected chi connectivity index (χ0v) is 5.31. The summed E-state index contributed by atoms with van der Waals surface area (Å²) in [5.74, 6) is 0. The highest BCUT2D eigenvalue weighted by atomic mass is 16.5. The fourth-order valence-corrected chi connectivity index (χ4v) is 0.842. The first-order valence-corrected chi connectivity index (χ1v) is 3.21. The molecule has 1 aliphatic rings. The fraction of sp³-hybridized carbons (Fsp3) is 1.00. The third-order valence-electron chi connectivity index (χ3n) is 1.33. The molecule has 48 valence electrons. The summed E-state index contributed by atoms with van der Waals surface area (Å²) in [6.45, 7) is 5.06. The van der Waals surface area contributed by atoms with Crippen molar-refractivity contribution < 1.29 is 4.74 Å². The van der Waals surface area contributed by atoms with Gasteiger partial charge in [0.2, 0.25) is 0 Å². The lowest BCUT2D eigenvalue weighted by Gasteiger charge is -2.05. The minimum Gasteiger partial charge on any atom is -0.380 e. The Balaban J connectivity index is 2.17. The summed E-state index contributed by atoms with van der Waals surface area (Å²) in [6, 6.07) is 0.553. The van der Waals surface area contributed by atoms with Gasteiger partial charge in [-0.2, -0.15) is 0 Å². The smallest absolute Gasteiger partial charge is 0.0616 e. The summed E-state index contributed by atoms with van der Waals surface area (Å²) in [5, 5.41) is 3.32. The molecule has 0 spiro atoms. The van der Waals surface area contributed by atoms with Crippen LogP contribution in [0.5, 0.6) is 0 Å². The Hall–Kier alpha value is -0.0800. The van der Waals surface area contributed by atoms with E-state index in [0.29, 0.717) is 6.04 Å². The predicted molar refractivity (Wildman–Crippen MR) is 32.9 cm³/mol. The minimum absolute atomic E-state index is 0.553. The van der Waals surface area contributed by atoms with Gasteiger partial charge in [0.15, 0.2) is 0 Å². The molecule has 0 aromatic heterocycles. The van der Waals surface area contributed by atoms with Gasteiger partial charge in [-0.15, -0.1) is 0 Å². The summed E-state index contributed by atoms with van der Waals surface area (Å²) in [4.78, 5) is 0. The van der Waals surface area contributed by atoms with Crippen molar-refractivity contribution in [3.05, 3.63) is 0 Å². The van der Waals surface area contributed by atoms with Gasteiger partial charge in [0.1, 0.15) is 0 Å². The first-order valence-electron chi connectivity index (χ1n) is 3.21. The van der Waals surface area contributed by atoms with E-state index < -0.39 is 0 Å². The van der Waals surface area contributed by atoms with E-state index in [1.54, 1.807) is 0 Å². The molecule has 1 saturated heterocycles. The van der Waals surface area contributed by atoms with Crippen LogP contribution in [-0.2, 0) is 4.74 Å². The lowest BCUT2D eigenvalue weighted by molar-refractivity contribution is 0.135. The lowest BCUT2D eigenvalue weighted by Crippen LogP contribution is -2.27. The molecule has 1 fully saturated rings. The van der Waals surface area contributed by atoms with Crippen LogP contribution in [0.3, 0.4) is 0 Å². The first-order chi connectivity index (χ1) is 3.89. The summed E-state index contributed by atoms with van der Waals surface area (Å²) < 4.78 is 5.24. The van der Waals surface area contributed by atoms with Crippen LogP contribution in [-0.4, -0.2) is 25.8 Å². The van der Waals surface area contributed by atoms with E-state index in [0.717, 1.165) is 26.2 Å². The molecule has 1 atom stereocenters. The quantitative estimate of drug-likeness (QED) is 0.493. The summed E-state index contributed by atoms with van der Waals surface area (Å²) >= 11 is 0. The number of rotatable bonds is 0. The van der Waals surface area contributed by atoms with Crippen LogP contribution in [0.2, 0.25) is 0 Å². The van der Waals surface area contributed by atoms with Gasteiger partial charge in [0, 0.05) is 12.6 Å². The zero-order chi connectivity index (χ0) is 5.82. The summed E-state index contributed by atoms with van der Waals surface area (Å²) in [7, 11) is 0. The van der Waals surface area contributed by atoms with Gasteiger partial charge < -0.3 is 10.1 Å². The number of hydrogen-bond acceptors (Lipinski definition) is 2. The van der Waals surface area contributed by atoms with E-state index in [9.17, 15) is 0 Å². The predicted octanol–water partition coefficient (Wildman–Crippen LogP) is 0.385. The van der Waals surface area contributed by atoms with Crippen molar-refractivity contribution >= 4 is 0 Å². The number of ether oxygens (including phenoxy) is 1. The average Bonchev–Trinajstić information content (AvgIpc) is 1.94. The van der Waals surface area contributed by atoms with E-state index in [1.807, 2.05) is 0 Å². The molecule has 1 heterocycles. The highest BCUT2D eigenvalue weighted by Crippen LogP contribution is 1.91. The highest BCUT2D eigenvalue weighted by molar-refractivity contribution is 4.61. The lowest BCUT2D eigenvalue weighted by atomic mass is 10.3. The molecule has 1 rings (SSSR count). The Bertz CT molecular complexity index is 57.5. The molecule has 0 aliphatic carbocycles. The first kappa shape index (κ1) is 6.05. The molecule has 2 heteroatoms. The largest absolute Gasteiger partial charge is 0.380 e. The maximum atomic E-state index is 5.24. The van der Waals surface area contributed by atoms with Gasteiger partial charge in [0.05, 0.1) is 6.61 Å². The van der Waals surface area contributed by atoms with Gasteiger partial charge in [-0.3, -0.25) is 0 Å². The molecule has 1 N–H and O–H groups in total. The molecule has 1 aliphatic heterocycles. The molecule has 0 saturated carbocycles. The van der Waals surface area contributed by atoms with E-state index in [2.05, 4.69) is 12.2 Å². The Morgan fingerprint density at radius 2 is 2.50 bits per heavy atom. The van der Waals surface area contributed by atoms with Crippen LogP contribution in [0.15, 0.2) is 0 Å². The van der Waals surface area contributed by atoms with Crippen LogP contribution < -0.4 is 5.32 Å². The van der Waals surface area contributed by atoms with Crippen molar-refractivity contribution in [2.75, 3.05) is 19.8 Å². The topological polar surface area (TPSA) is 21.3 Å². The molecule has 8 heavy (non-hydrogen) atoms. The van der Waals surface area contributed by atoms with Gasteiger partial charge in [-0.25, -0.2) is 0 Å². The Kier molecular flexibility index (Phi) is 2.30. The van der Waals surface area contributed by atoms with Crippen LogP contribution in [0.4, 0.5) is 0 Å². The van der Waals surface area contributed by atoms with Crippen LogP contribution in [0.1, 0.15) is 13.3 Å². The molecule has 2 nitrogen and oxygen atoms in total. The van der Waals surface area contributed by atoms with Gasteiger partial charge in [-0.1, -0.05) is 0 Å². The molecule has 0 radical (unpaired) electrons. The van der Waals surface area contributed by atoms with E-state index in [1.165, 1.54) is 0 Å². The van der Waals surface area contributed by atoms with E-state index in [-0.39, 0.29) is 0 Å². The fourth-order valence-electron chi connectivity index (χ4n) is 0.842. The maximum absolute atomic E-state index is 5.24. The highest BCUT2D eigenvalue weighted by Gasteiger charge is 2.03. The minimum atomic E-state index is 0.553. The number of hydrogen-bond donors (Lipinski definition) is 1. The summed E-state index contributed by atoms with van der Waals surface area (Å²) in [5.41, 5.74) is 0. The SMILES string of the molecule is C[C@@H]1COCCCN1. The van der Waals surface area contributed by atoms with Gasteiger partial charge in [0.25, 0.3) is 0 Å². The monoisotopic (exact) mass is 115 g/mol. The van der Waals surface area contributed by atoms with Gasteiger partial charge >= 0.3 is 0 Å². The molecule has 0 aromatic rings. The second-order valence-electron chi connectivity index (χ2n) is 2.28. The number of nitrogens with one attached hydrogen (secondary N) is 1. The van der Waals surface area contributed by atoms with Gasteiger partial charge in [-0.05, 0) is 19.9 Å². The van der Waals surface area contributed by atoms with Crippen molar-refractivity contribution in [3.63, 3.8) is 0 Å². The van der Waals surface area contributed by atoms with Crippen LogP contribution in [0.25, 0.3) is 0 Å². The molecule has 0 unspecified atom stereocenters. The second kappa shape index (κ2) is 3.05. The molecule has 0 amide bonds. The van der Waals surface area contributed by atoms with Crippen LogP contribution in [0, 0.1) is 0 Å². The third-order valence-corrected chi connectivity index (χ3v) is 1.33. The molecule has 0 bridgehead atoms. The zero-order valence-electron chi connectivity index (χ0n) is 5.31. The van der Waals surface area contributed by atoms with Crippen molar-refractivity contribution in [2.24, 2.45) is 0 Å². The summed E-state index contributed by atoms with van der Waals surface area (Å²) in [6.07, 6.45) is 1.16. The second-order valence-corrected chi connectivity index (χ2v) is 2.28. The van der Waals surface area contributed by atoms with Crippen molar-refractivity contribution in [2.45, 2.75) is 19.4 Å². The normalized spacial score (nSPS) is 31.9. The van der Waals surface area contributed by atoms with E-state index >= 15 is 0 Å². The Morgan fingerprint density at radius 1 is 1.62 bits per heavy atom.